The Labute approximate surface area is 262 Å². The van der Waals surface area contributed by atoms with Gasteiger partial charge in [0.1, 0.15) is 0 Å². The van der Waals surface area contributed by atoms with Gasteiger partial charge in [-0.3, -0.25) is 9.48 Å². The minimum Gasteiger partial charge on any atom is -0.351 e. The van der Waals surface area contributed by atoms with Crippen LogP contribution in [0.2, 0.25) is 5.02 Å². The van der Waals surface area contributed by atoms with E-state index in [1.165, 1.54) is 17.2 Å². The molecule has 2 fully saturated rings. The van der Waals surface area contributed by atoms with Crippen molar-refractivity contribution in [1.82, 2.24) is 24.5 Å². The van der Waals surface area contributed by atoms with Gasteiger partial charge in [0.2, 0.25) is 0 Å². The number of nitrogens with two attached hydrogens (primary N) is 1. The van der Waals surface area contributed by atoms with E-state index in [1.807, 2.05) is 59.1 Å². The quantitative estimate of drug-likeness (QED) is 0.405. The van der Waals surface area contributed by atoms with Crippen LogP contribution < -0.4 is 5.73 Å². The summed E-state index contributed by atoms with van der Waals surface area (Å²) in [5.74, 6) is 8.92. The molecule has 2 N–H and O–H groups in total. The summed E-state index contributed by atoms with van der Waals surface area (Å²) >= 11 is 8.62. The molecule has 4 heterocycles. The first-order chi connectivity index (χ1) is 21.0. The van der Waals surface area contributed by atoms with Crippen LogP contribution in [0.15, 0.2) is 42.5 Å². The fraction of sp³-hybridized carbons (Fsp3) is 0.424. The Morgan fingerprint density at radius 3 is 2.44 bits per heavy atom. The van der Waals surface area contributed by atoms with Crippen LogP contribution in [0.5, 0.6) is 0 Å². The first kappa shape index (κ1) is 29.6. The predicted molar refractivity (Wildman–Crippen MR) is 172 cm³/mol. The van der Waals surface area contributed by atoms with E-state index in [0.29, 0.717) is 29.2 Å². The molecule has 0 aliphatic carbocycles. The van der Waals surface area contributed by atoms with Gasteiger partial charge in [0.05, 0.1) is 17.3 Å². The van der Waals surface area contributed by atoms with Crippen molar-refractivity contribution in [2.75, 3.05) is 50.8 Å². The van der Waals surface area contributed by atoms with Crippen LogP contribution in [-0.2, 0) is 19.5 Å². The van der Waals surface area contributed by atoms with Crippen LogP contribution in [0, 0.1) is 11.8 Å². The molecular weight excluding hydrogens is 580 g/mol. The second-order valence-corrected chi connectivity index (χ2v) is 13.0. The molecule has 0 saturated carbocycles. The topological polar surface area (TPSA) is 87.7 Å². The van der Waals surface area contributed by atoms with Crippen molar-refractivity contribution in [2.45, 2.75) is 38.8 Å². The third-order valence-corrected chi connectivity index (χ3v) is 9.77. The third kappa shape index (κ3) is 6.87. The van der Waals surface area contributed by atoms with Crippen LogP contribution in [0.3, 0.4) is 0 Å². The van der Waals surface area contributed by atoms with E-state index in [4.69, 9.17) is 22.4 Å². The molecule has 10 heteroatoms. The van der Waals surface area contributed by atoms with Crippen molar-refractivity contribution in [3.8, 4) is 23.1 Å². The highest BCUT2D eigenvalue weighted by atomic mass is 35.5. The van der Waals surface area contributed by atoms with Crippen LogP contribution in [0.25, 0.3) is 11.3 Å². The molecule has 0 radical (unpaired) electrons. The van der Waals surface area contributed by atoms with Crippen LogP contribution >= 0.6 is 23.4 Å². The summed E-state index contributed by atoms with van der Waals surface area (Å²) in [6.45, 7) is 6.88. The van der Waals surface area contributed by atoms with E-state index >= 15 is 0 Å². The van der Waals surface area contributed by atoms with Crippen molar-refractivity contribution in [2.24, 2.45) is 5.73 Å². The van der Waals surface area contributed by atoms with E-state index < -0.39 is 6.03 Å². The first-order valence-corrected chi connectivity index (χ1v) is 16.6. The monoisotopic (exact) mass is 616 g/mol. The number of hydrogen-bond acceptors (Lipinski definition) is 5. The van der Waals surface area contributed by atoms with Crippen molar-refractivity contribution >= 4 is 35.3 Å². The maximum absolute atomic E-state index is 12.7. The fourth-order valence-corrected chi connectivity index (χ4v) is 7.21. The molecule has 3 amide bonds. The van der Waals surface area contributed by atoms with Gasteiger partial charge in [0.15, 0.2) is 0 Å². The summed E-state index contributed by atoms with van der Waals surface area (Å²) < 4.78 is 2.13. The number of aryl methyl sites for hydroxylation is 1. The molecule has 6 rings (SSSR count). The standard InChI is InChI=1S/C33H37ClN6O2S/c34-29-11-10-27(22-26(29)9-6-24-4-7-25(8-5-24)32(41)38-14-1-2-15-38)31-28-23-39(33(35)42)17-12-30(28)40(36-31)16-3-13-37-18-20-43-21-19-37/h4-5,7-8,10-11,22H,1-3,12-21,23H2,(H2,35,42). The summed E-state index contributed by atoms with van der Waals surface area (Å²) in [4.78, 5) is 30.9. The van der Waals surface area contributed by atoms with Crippen molar-refractivity contribution < 1.29 is 9.59 Å². The molecule has 0 spiro atoms. The smallest absolute Gasteiger partial charge is 0.315 e. The molecule has 3 aliphatic heterocycles. The number of halogens is 1. The maximum Gasteiger partial charge on any atom is 0.315 e. The lowest BCUT2D eigenvalue weighted by atomic mass is 9.99. The van der Waals surface area contributed by atoms with E-state index in [0.717, 1.165) is 87.3 Å². The average Bonchev–Trinajstić information content (AvgIpc) is 3.70. The van der Waals surface area contributed by atoms with Gasteiger partial charge in [-0.25, -0.2) is 4.79 Å². The summed E-state index contributed by atoms with van der Waals surface area (Å²) in [5, 5.41) is 5.63. The van der Waals surface area contributed by atoms with Gasteiger partial charge < -0.3 is 20.4 Å². The van der Waals surface area contributed by atoms with Gasteiger partial charge >= 0.3 is 6.03 Å². The normalized spacial score (nSPS) is 17.0. The predicted octanol–water partition coefficient (Wildman–Crippen LogP) is 4.72. The van der Waals surface area contributed by atoms with Crippen LogP contribution in [-0.4, -0.2) is 87.2 Å². The number of carbonyl (C=O) groups is 2. The van der Waals surface area contributed by atoms with Crippen molar-refractivity contribution in [1.29, 1.82) is 0 Å². The Kier molecular flexibility index (Phi) is 9.27. The average molecular weight is 617 g/mol. The zero-order chi connectivity index (χ0) is 29.8. The van der Waals surface area contributed by atoms with E-state index in [9.17, 15) is 9.59 Å². The zero-order valence-corrected chi connectivity index (χ0v) is 25.9. The summed E-state index contributed by atoms with van der Waals surface area (Å²) in [7, 11) is 0. The Balaban J connectivity index is 1.23. The number of urea groups is 1. The van der Waals surface area contributed by atoms with Gasteiger partial charge in [0, 0.05) is 90.7 Å². The number of benzene rings is 2. The van der Waals surface area contributed by atoms with Crippen LogP contribution in [0.4, 0.5) is 4.79 Å². The maximum atomic E-state index is 12.7. The van der Waals surface area contributed by atoms with Gasteiger partial charge in [-0.15, -0.1) is 0 Å². The molecule has 0 unspecified atom stereocenters. The fourth-order valence-electron chi connectivity index (χ4n) is 6.07. The molecule has 0 bridgehead atoms. The molecule has 8 nitrogen and oxygen atoms in total. The first-order valence-electron chi connectivity index (χ1n) is 15.1. The number of amides is 3. The Bertz CT molecular complexity index is 1550. The molecule has 3 aliphatic rings. The van der Waals surface area contributed by atoms with E-state index in [1.54, 1.807) is 4.90 Å². The molecule has 2 aromatic carbocycles. The van der Waals surface area contributed by atoms with Gasteiger partial charge in [-0.05, 0) is 62.2 Å². The summed E-state index contributed by atoms with van der Waals surface area (Å²) in [6, 6.07) is 12.8. The lowest BCUT2D eigenvalue weighted by molar-refractivity contribution is 0.0793. The molecule has 2 saturated heterocycles. The van der Waals surface area contributed by atoms with Crippen molar-refractivity contribution in [3.63, 3.8) is 0 Å². The highest BCUT2D eigenvalue weighted by molar-refractivity contribution is 7.99. The number of carbonyl (C=O) groups excluding carboxylic acids is 2. The van der Waals surface area contributed by atoms with Gasteiger partial charge in [-0.1, -0.05) is 29.5 Å². The number of hydrogen-bond donors (Lipinski definition) is 1. The number of primary amides is 1. The Morgan fingerprint density at radius 2 is 1.70 bits per heavy atom. The lowest BCUT2D eigenvalue weighted by Crippen LogP contribution is -2.39. The number of likely N-dealkylation sites (tertiary alicyclic amines) is 1. The SMILES string of the molecule is NC(=O)N1CCc2c(c(-c3ccc(Cl)c(C#Cc4ccc(C(=O)N5CCCC5)cc4)c3)nn2CCCN2CCSCC2)C1. The molecule has 224 valence electrons. The number of rotatable bonds is 6. The summed E-state index contributed by atoms with van der Waals surface area (Å²) in [5.41, 5.74) is 11.8. The molecule has 0 atom stereocenters. The molecular formula is C33H37ClN6O2S. The minimum absolute atomic E-state index is 0.0796. The molecule has 1 aromatic heterocycles. The van der Waals surface area contributed by atoms with Crippen molar-refractivity contribution in [3.05, 3.63) is 75.4 Å². The molecule has 3 aromatic rings. The Morgan fingerprint density at radius 1 is 0.930 bits per heavy atom. The van der Waals surface area contributed by atoms with E-state index in [2.05, 4.69) is 21.4 Å². The highest BCUT2D eigenvalue weighted by Gasteiger charge is 2.27. The number of aromatic nitrogens is 2. The van der Waals surface area contributed by atoms with Gasteiger partial charge in [-0.2, -0.15) is 16.9 Å². The van der Waals surface area contributed by atoms with Crippen LogP contribution in [0.1, 0.15) is 52.0 Å². The molecule has 43 heavy (non-hydrogen) atoms. The third-order valence-electron chi connectivity index (χ3n) is 8.50. The highest BCUT2D eigenvalue weighted by Crippen LogP contribution is 2.32. The minimum atomic E-state index is -0.414. The van der Waals surface area contributed by atoms with Gasteiger partial charge in [0.25, 0.3) is 5.91 Å². The Hall–Kier alpha value is -3.45. The number of nitrogens with zero attached hydrogens (tertiary/aromatic N) is 5. The second-order valence-electron chi connectivity index (χ2n) is 11.3. The second kappa shape index (κ2) is 13.5. The van der Waals surface area contributed by atoms with E-state index in [-0.39, 0.29) is 5.91 Å². The number of fused-ring (bicyclic) bond motifs is 1. The zero-order valence-electron chi connectivity index (χ0n) is 24.4. The lowest BCUT2D eigenvalue weighted by Gasteiger charge is -2.27. The number of thioether (sulfide) groups is 1. The largest absolute Gasteiger partial charge is 0.351 e. The summed E-state index contributed by atoms with van der Waals surface area (Å²) in [6.07, 6.45) is 3.89.